The van der Waals surface area contributed by atoms with Crippen LogP contribution in [0.4, 0.5) is 5.69 Å². The molecule has 0 radical (unpaired) electrons. The molecule has 3 heterocycles. The van der Waals surface area contributed by atoms with Crippen LogP contribution in [0, 0.1) is 13.8 Å². The maximum atomic E-state index is 12.7. The van der Waals surface area contributed by atoms with E-state index < -0.39 is 0 Å². The summed E-state index contributed by atoms with van der Waals surface area (Å²) in [4.78, 5) is 16.0. The van der Waals surface area contributed by atoms with Gasteiger partial charge in [0.05, 0.1) is 35.6 Å². The maximum Gasteiger partial charge on any atom is 0.257 e. The van der Waals surface area contributed by atoms with Gasteiger partial charge in [0.1, 0.15) is 0 Å². The van der Waals surface area contributed by atoms with Crippen molar-refractivity contribution in [2.45, 2.75) is 39.3 Å². The summed E-state index contributed by atoms with van der Waals surface area (Å²) in [6, 6.07) is 5.78. The third kappa shape index (κ3) is 3.05. The molecule has 1 aliphatic heterocycles. The van der Waals surface area contributed by atoms with E-state index in [1.807, 2.05) is 36.0 Å². The highest BCUT2D eigenvalue weighted by Gasteiger charge is 2.17. The maximum absolute atomic E-state index is 12.7. The van der Waals surface area contributed by atoms with Gasteiger partial charge in [0.25, 0.3) is 5.91 Å². The summed E-state index contributed by atoms with van der Waals surface area (Å²) in [5.74, 6) is -0.136. The van der Waals surface area contributed by atoms with Crippen LogP contribution in [0.3, 0.4) is 0 Å². The van der Waals surface area contributed by atoms with Crippen LogP contribution in [-0.2, 0) is 11.3 Å². The van der Waals surface area contributed by atoms with Crippen molar-refractivity contribution in [2.24, 2.45) is 0 Å². The summed E-state index contributed by atoms with van der Waals surface area (Å²) in [6.45, 7) is 5.63. The first-order valence-electron chi connectivity index (χ1n) is 8.65. The normalized spacial score (nSPS) is 17.3. The van der Waals surface area contributed by atoms with Gasteiger partial charge in [0.2, 0.25) is 0 Å². The third-order valence-electron chi connectivity index (χ3n) is 4.89. The zero-order valence-electron chi connectivity index (χ0n) is 14.5. The van der Waals surface area contributed by atoms with Crippen molar-refractivity contribution in [3.8, 4) is 0 Å². The van der Waals surface area contributed by atoms with Crippen LogP contribution in [0.25, 0.3) is 10.9 Å². The van der Waals surface area contributed by atoms with Crippen LogP contribution in [0.15, 0.2) is 30.6 Å². The number of carbonyl (C=O) groups is 1. The van der Waals surface area contributed by atoms with Gasteiger partial charge in [-0.25, -0.2) is 0 Å². The lowest BCUT2D eigenvalue weighted by Gasteiger charge is -2.08. The Morgan fingerprint density at radius 2 is 2.32 bits per heavy atom. The number of aryl methyl sites for hydroxylation is 2. The number of benzene rings is 1. The van der Waals surface area contributed by atoms with Gasteiger partial charge in [-0.3, -0.25) is 9.48 Å². The van der Waals surface area contributed by atoms with E-state index in [9.17, 15) is 4.79 Å². The van der Waals surface area contributed by atoms with E-state index in [1.54, 1.807) is 6.20 Å². The number of ether oxygens (including phenoxy) is 1. The van der Waals surface area contributed by atoms with Gasteiger partial charge in [0.15, 0.2) is 0 Å². The lowest BCUT2D eigenvalue weighted by molar-refractivity contribution is 0.0940. The number of aromatic nitrogens is 3. The van der Waals surface area contributed by atoms with Gasteiger partial charge in [-0.2, -0.15) is 5.10 Å². The number of fused-ring (bicyclic) bond motifs is 1. The van der Waals surface area contributed by atoms with Gasteiger partial charge in [0, 0.05) is 23.9 Å². The molecule has 1 aliphatic rings. The molecule has 1 saturated heterocycles. The Labute approximate surface area is 146 Å². The number of carbonyl (C=O) groups excluding carboxylic acids is 1. The zero-order chi connectivity index (χ0) is 17.4. The molecule has 1 fully saturated rings. The summed E-state index contributed by atoms with van der Waals surface area (Å²) >= 11 is 0. The van der Waals surface area contributed by atoms with E-state index in [0.717, 1.165) is 42.6 Å². The van der Waals surface area contributed by atoms with E-state index in [1.165, 1.54) is 5.56 Å². The summed E-state index contributed by atoms with van der Waals surface area (Å²) in [7, 11) is 0. The van der Waals surface area contributed by atoms with E-state index in [4.69, 9.17) is 4.74 Å². The van der Waals surface area contributed by atoms with Gasteiger partial charge in [-0.1, -0.05) is 12.1 Å². The molecule has 3 aromatic rings. The van der Waals surface area contributed by atoms with Gasteiger partial charge in [-0.05, 0) is 38.3 Å². The van der Waals surface area contributed by atoms with Crippen LogP contribution in [0.1, 0.15) is 34.5 Å². The molecular weight excluding hydrogens is 316 g/mol. The topological polar surface area (TPSA) is 71.9 Å². The molecule has 6 nitrogen and oxygen atoms in total. The standard InChI is InChI=1S/C19H22N4O2/c1-12-13(2)21-18-16(12)6-3-7-17(18)19(24)22-14-9-20-23(10-14)11-15-5-4-8-25-15/h3,6-7,9-10,15,21H,4-5,8,11H2,1-2H3,(H,22,24)/t15-/m1/s1. The second kappa shape index (κ2) is 6.37. The van der Waals surface area contributed by atoms with Crippen molar-refractivity contribution in [3.05, 3.63) is 47.4 Å². The Morgan fingerprint density at radius 3 is 3.12 bits per heavy atom. The van der Waals surface area contributed by atoms with Crippen LogP contribution in [0.5, 0.6) is 0 Å². The number of hydrogen-bond donors (Lipinski definition) is 2. The van der Waals surface area contributed by atoms with Crippen molar-refractivity contribution in [1.82, 2.24) is 14.8 Å². The molecule has 25 heavy (non-hydrogen) atoms. The number of para-hydroxylation sites is 1. The van der Waals surface area contributed by atoms with Gasteiger partial charge >= 0.3 is 0 Å². The molecule has 130 valence electrons. The first-order chi connectivity index (χ1) is 12.1. The Kier molecular flexibility index (Phi) is 4.05. The zero-order valence-corrected chi connectivity index (χ0v) is 14.5. The van der Waals surface area contributed by atoms with Crippen LogP contribution >= 0.6 is 0 Å². The first kappa shape index (κ1) is 15.9. The smallest absolute Gasteiger partial charge is 0.257 e. The second-order valence-electron chi connectivity index (χ2n) is 6.64. The van der Waals surface area contributed by atoms with Crippen LogP contribution < -0.4 is 5.32 Å². The van der Waals surface area contributed by atoms with E-state index >= 15 is 0 Å². The minimum absolute atomic E-state index is 0.136. The fraction of sp³-hybridized carbons (Fsp3) is 0.368. The molecule has 4 rings (SSSR count). The summed E-state index contributed by atoms with van der Waals surface area (Å²) in [6.07, 6.45) is 5.93. The summed E-state index contributed by atoms with van der Waals surface area (Å²) in [5, 5.41) is 8.34. The Hall–Kier alpha value is -2.60. The number of amides is 1. The SMILES string of the molecule is Cc1[nH]c2c(C(=O)Nc3cnn(C[C@H]4CCCO4)c3)cccc2c1C. The predicted molar refractivity (Wildman–Crippen MR) is 96.9 cm³/mol. The number of nitrogens with zero attached hydrogens (tertiary/aromatic N) is 2. The summed E-state index contributed by atoms with van der Waals surface area (Å²) in [5.41, 5.74) is 4.47. The van der Waals surface area contributed by atoms with Crippen molar-refractivity contribution in [1.29, 1.82) is 0 Å². The number of nitrogens with one attached hydrogen (secondary N) is 2. The molecule has 1 amide bonds. The van der Waals surface area contributed by atoms with Crippen molar-refractivity contribution in [3.63, 3.8) is 0 Å². The van der Waals surface area contributed by atoms with Gasteiger partial charge < -0.3 is 15.0 Å². The molecule has 0 saturated carbocycles. The second-order valence-corrected chi connectivity index (χ2v) is 6.64. The molecule has 0 unspecified atom stereocenters. The highest BCUT2D eigenvalue weighted by Crippen LogP contribution is 2.25. The van der Waals surface area contributed by atoms with E-state index in [-0.39, 0.29) is 12.0 Å². The van der Waals surface area contributed by atoms with Crippen molar-refractivity contribution < 1.29 is 9.53 Å². The Morgan fingerprint density at radius 1 is 1.44 bits per heavy atom. The van der Waals surface area contributed by atoms with Crippen molar-refractivity contribution >= 4 is 22.5 Å². The minimum Gasteiger partial charge on any atom is -0.376 e. The van der Waals surface area contributed by atoms with Crippen LogP contribution in [-0.4, -0.2) is 33.4 Å². The number of hydrogen-bond acceptors (Lipinski definition) is 3. The number of rotatable bonds is 4. The summed E-state index contributed by atoms with van der Waals surface area (Å²) < 4.78 is 7.45. The molecule has 1 atom stereocenters. The molecular formula is C19H22N4O2. The Balaban J connectivity index is 1.52. The molecule has 0 spiro atoms. The highest BCUT2D eigenvalue weighted by atomic mass is 16.5. The van der Waals surface area contributed by atoms with Crippen molar-refractivity contribution in [2.75, 3.05) is 11.9 Å². The van der Waals surface area contributed by atoms with E-state index in [0.29, 0.717) is 11.3 Å². The highest BCUT2D eigenvalue weighted by molar-refractivity contribution is 6.12. The molecule has 6 heteroatoms. The minimum atomic E-state index is -0.136. The predicted octanol–water partition coefficient (Wildman–Crippen LogP) is 3.41. The lowest BCUT2D eigenvalue weighted by Crippen LogP contribution is -2.15. The number of aromatic amines is 1. The van der Waals surface area contributed by atoms with Crippen LogP contribution in [0.2, 0.25) is 0 Å². The number of H-pyrrole nitrogens is 1. The monoisotopic (exact) mass is 338 g/mol. The molecule has 1 aromatic carbocycles. The molecule has 0 aliphatic carbocycles. The quantitative estimate of drug-likeness (QED) is 0.766. The van der Waals surface area contributed by atoms with E-state index in [2.05, 4.69) is 22.3 Å². The third-order valence-corrected chi connectivity index (χ3v) is 4.89. The fourth-order valence-electron chi connectivity index (χ4n) is 3.40. The lowest BCUT2D eigenvalue weighted by atomic mass is 10.1. The number of anilines is 1. The Bertz CT molecular complexity index is 919. The van der Waals surface area contributed by atoms with Gasteiger partial charge in [-0.15, -0.1) is 0 Å². The first-order valence-corrected chi connectivity index (χ1v) is 8.65. The average Bonchev–Trinajstić information content (AvgIpc) is 3.31. The molecule has 0 bridgehead atoms. The fourth-order valence-corrected chi connectivity index (χ4v) is 3.40. The molecule has 2 N–H and O–H groups in total. The average molecular weight is 338 g/mol. The largest absolute Gasteiger partial charge is 0.376 e. The molecule has 2 aromatic heterocycles.